The molecule has 0 aromatic rings. The van der Waals surface area contributed by atoms with Gasteiger partial charge in [0, 0.05) is 0 Å². The molecule has 1 unspecified atom stereocenters. The normalized spacial score (nSPS) is 33.1. The molecule has 0 amide bonds. The number of allylic oxidation sites excluding steroid dienone is 4. The second-order valence-electron chi connectivity index (χ2n) is 2.50. The number of alkyl halides is 1. The van der Waals surface area contributed by atoms with Gasteiger partial charge in [0.1, 0.15) is 10.6 Å². The highest BCUT2D eigenvalue weighted by molar-refractivity contribution is 6.33. The molecule has 1 aliphatic carbocycles. The number of hydrogen-bond acceptors (Lipinski definition) is 1. The second-order valence-corrected chi connectivity index (χ2v) is 3.74. The monoisotopic (exact) mass is 178 g/mol. The standard InChI is InChI=1S/C7H8Cl2O/c1-7(9)4-2-3-5(8)6(7)10/h2-3,10H,4H2,1H3. The van der Waals surface area contributed by atoms with E-state index in [0.29, 0.717) is 11.5 Å². The van der Waals surface area contributed by atoms with Crippen LogP contribution in [0, 0.1) is 0 Å². The van der Waals surface area contributed by atoms with Gasteiger partial charge in [0.05, 0.1) is 5.03 Å². The quantitative estimate of drug-likeness (QED) is 0.566. The lowest BCUT2D eigenvalue weighted by Crippen LogP contribution is -2.21. The highest BCUT2D eigenvalue weighted by atomic mass is 35.5. The number of rotatable bonds is 0. The van der Waals surface area contributed by atoms with Gasteiger partial charge in [-0.1, -0.05) is 17.7 Å². The van der Waals surface area contributed by atoms with E-state index >= 15 is 0 Å². The lowest BCUT2D eigenvalue weighted by molar-refractivity contribution is 0.351. The topological polar surface area (TPSA) is 20.2 Å². The van der Waals surface area contributed by atoms with Crippen molar-refractivity contribution in [2.45, 2.75) is 18.2 Å². The third-order valence-corrected chi connectivity index (χ3v) is 2.12. The van der Waals surface area contributed by atoms with Gasteiger partial charge in [0.15, 0.2) is 0 Å². The van der Waals surface area contributed by atoms with Crippen LogP contribution in [0.5, 0.6) is 0 Å². The van der Waals surface area contributed by atoms with E-state index in [1.54, 1.807) is 13.0 Å². The minimum absolute atomic E-state index is 0.0679. The number of aliphatic hydroxyl groups is 1. The van der Waals surface area contributed by atoms with Crippen LogP contribution in [0.1, 0.15) is 13.3 Å². The van der Waals surface area contributed by atoms with E-state index in [9.17, 15) is 5.11 Å². The summed E-state index contributed by atoms with van der Waals surface area (Å²) in [5.74, 6) is 0.0679. The molecule has 1 atom stereocenters. The largest absolute Gasteiger partial charge is 0.509 e. The summed E-state index contributed by atoms with van der Waals surface area (Å²) in [5, 5.41) is 9.61. The Morgan fingerprint density at radius 2 is 2.30 bits per heavy atom. The van der Waals surface area contributed by atoms with E-state index in [1.165, 1.54) is 0 Å². The molecule has 0 aliphatic heterocycles. The van der Waals surface area contributed by atoms with Crippen LogP contribution in [-0.2, 0) is 0 Å². The van der Waals surface area contributed by atoms with E-state index in [1.807, 2.05) is 6.08 Å². The molecule has 0 fully saturated rings. The lowest BCUT2D eigenvalue weighted by atomic mass is 10.00. The van der Waals surface area contributed by atoms with Crippen LogP contribution in [0.4, 0.5) is 0 Å². The zero-order valence-electron chi connectivity index (χ0n) is 5.56. The van der Waals surface area contributed by atoms with Crippen molar-refractivity contribution >= 4 is 23.2 Å². The Labute approximate surface area is 69.9 Å². The Morgan fingerprint density at radius 1 is 1.70 bits per heavy atom. The molecule has 0 saturated heterocycles. The fourth-order valence-corrected chi connectivity index (χ4v) is 1.35. The highest BCUT2D eigenvalue weighted by Crippen LogP contribution is 2.34. The number of hydrogen-bond donors (Lipinski definition) is 1. The molecule has 0 aromatic heterocycles. The van der Waals surface area contributed by atoms with Crippen LogP contribution < -0.4 is 0 Å². The van der Waals surface area contributed by atoms with Crippen molar-refractivity contribution < 1.29 is 5.11 Å². The first-order chi connectivity index (χ1) is 4.54. The van der Waals surface area contributed by atoms with Gasteiger partial charge in [-0.15, -0.1) is 11.6 Å². The minimum atomic E-state index is -0.703. The molecule has 0 aromatic carbocycles. The van der Waals surface area contributed by atoms with Crippen molar-refractivity contribution in [2.75, 3.05) is 0 Å². The van der Waals surface area contributed by atoms with Crippen molar-refractivity contribution in [3.63, 3.8) is 0 Å². The van der Waals surface area contributed by atoms with E-state index in [-0.39, 0.29) is 5.76 Å². The van der Waals surface area contributed by atoms with Gasteiger partial charge in [-0.25, -0.2) is 0 Å². The zero-order valence-corrected chi connectivity index (χ0v) is 7.08. The lowest BCUT2D eigenvalue weighted by Gasteiger charge is -2.22. The summed E-state index contributed by atoms with van der Waals surface area (Å²) >= 11 is 11.5. The Hall–Kier alpha value is -0.140. The summed E-state index contributed by atoms with van der Waals surface area (Å²) in [7, 11) is 0. The predicted molar refractivity (Wildman–Crippen MR) is 43.5 cm³/mol. The summed E-state index contributed by atoms with van der Waals surface area (Å²) in [6, 6.07) is 0. The Bertz CT molecular complexity index is 204. The Balaban J connectivity index is 2.99. The van der Waals surface area contributed by atoms with Crippen molar-refractivity contribution in [2.24, 2.45) is 0 Å². The minimum Gasteiger partial charge on any atom is -0.509 e. The van der Waals surface area contributed by atoms with Crippen LogP contribution in [0.2, 0.25) is 0 Å². The summed E-state index contributed by atoms with van der Waals surface area (Å²) in [6.07, 6.45) is 4.12. The summed E-state index contributed by atoms with van der Waals surface area (Å²) in [6.45, 7) is 1.73. The van der Waals surface area contributed by atoms with Gasteiger partial charge in [-0.05, 0) is 19.4 Å². The SMILES string of the molecule is CC1(Cl)CC=CC(Cl)=C1O. The maximum Gasteiger partial charge on any atom is 0.132 e. The van der Waals surface area contributed by atoms with Crippen molar-refractivity contribution in [3.8, 4) is 0 Å². The molecule has 0 saturated carbocycles. The summed E-state index contributed by atoms with van der Waals surface area (Å²) < 4.78 is 0. The molecular formula is C7H8Cl2O. The summed E-state index contributed by atoms with van der Waals surface area (Å²) in [4.78, 5) is -0.703. The molecule has 10 heavy (non-hydrogen) atoms. The summed E-state index contributed by atoms with van der Waals surface area (Å²) in [5.41, 5.74) is 0. The molecule has 0 heterocycles. The number of halogens is 2. The predicted octanol–water partition coefficient (Wildman–Crippen LogP) is 2.95. The molecule has 3 heteroatoms. The van der Waals surface area contributed by atoms with Gasteiger partial charge in [-0.2, -0.15) is 0 Å². The first kappa shape index (κ1) is 7.96. The third kappa shape index (κ3) is 1.30. The first-order valence-electron chi connectivity index (χ1n) is 2.99. The van der Waals surface area contributed by atoms with Crippen LogP contribution in [0.3, 0.4) is 0 Å². The van der Waals surface area contributed by atoms with Crippen molar-refractivity contribution in [1.29, 1.82) is 0 Å². The average molecular weight is 179 g/mol. The molecule has 1 N–H and O–H groups in total. The number of aliphatic hydroxyl groups excluding tert-OH is 1. The molecule has 56 valence electrons. The van der Waals surface area contributed by atoms with Crippen LogP contribution >= 0.6 is 23.2 Å². The molecule has 0 bridgehead atoms. The maximum absolute atomic E-state index is 9.27. The van der Waals surface area contributed by atoms with Crippen molar-refractivity contribution in [3.05, 3.63) is 22.9 Å². The van der Waals surface area contributed by atoms with E-state index < -0.39 is 4.87 Å². The van der Waals surface area contributed by atoms with E-state index in [4.69, 9.17) is 23.2 Å². The molecule has 0 radical (unpaired) electrons. The smallest absolute Gasteiger partial charge is 0.132 e. The zero-order chi connectivity index (χ0) is 7.78. The maximum atomic E-state index is 9.27. The van der Waals surface area contributed by atoms with E-state index in [2.05, 4.69) is 0 Å². The fraction of sp³-hybridized carbons (Fsp3) is 0.429. The third-order valence-electron chi connectivity index (χ3n) is 1.49. The van der Waals surface area contributed by atoms with Gasteiger partial charge < -0.3 is 5.11 Å². The molecule has 1 nitrogen and oxygen atoms in total. The molecular weight excluding hydrogens is 171 g/mol. The average Bonchev–Trinajstić information content (AvgIpc) is 1.83. The van der Waals surface area contributed by atoms with Crippen LogP contribution in [-0.4, -0.2) is 9.98 Å². The molecule has 0 spiro atoms. The fourth-order valence-electron chi connectivity index (χ4n) is 0.808. The molecule has 1 aliphatic rings. The van der Waals surface area contributed by atoms with Gasteiger partial charge in [0.2, 0.25) is 0 Å². The Kier molecular flexibility index (Phi) is 1.97. The van der Waals surface area contributed by atoms with Crippen LogP contribution in [0.25, 0.3) is 0 Å². The van der Waals surface area contributed by atoms with Gasteiger partial charge in [-0.3, -0.25) is 0 Å². The van der Waals surface area contributed by atoms with E-state index in [0.717, 1.165) is 0 Å². The highest BCUT2D eigenvalue weighted by Gasteiger charge is 2.29. The Morgan fingerprint density at radius 3 is 2.70 bits per heavy atom. The van der Waals surface area contributed by atoms with Crippen molar-refractivity contribution in [1.82, 2.24) is 0 Å². The first-order valence-corrected chi connectivity index (χ1v) is 3.74. The van der Waals surface area contributed by atoms with Gasteiger partial charge in [0.25, 0.3) is 0 Å². The van der Waals surface area contributed by atoms with Gasteiger partial charge >= 0.3 is 0 Å². The molecule has 1 rings (SSSR count). The van der Waals surface area contributed by atoms with Crippen LogP contribution in [0.15, 0.2) is 22.9 Å². The second kappa shape index (κ2) is 2.48.